The third-order valence-corrected chi connectivity index (χ3v) is 5.96. The summed E-state index contributed by atoms with van der Waals surface area (Å²) in [5.74, 6) is 1.74. The molecule has 1 aliphatic carbocycles. The van der Waals surface area contributed by atoms with E-state index in [-0.39, 0.29) is 11.8 Å². The third kappa shape index (κ3) is 4.60. The van der Waals surface area contributed by atoms with Gasteiger partial charge in [0.1, 0.15) is 17.2 Å². The van der Waals surface area contributed by atoms with E-state index in [4.69, 9.17) is 10.7 Å². The predicted octanol–water partition coefficient (Wildman–Crippen LogP) is 4.11. The molecule has 8 nitrogen and oxygen atoms in total. The number of rotatable bonds is 8. The van der Waals surface area contributed by atoms with E-state index in [9.17, 15) is 4.79 Å². The number of hydrogen-bond acceptors (Lipinski definition) is 6. The molecule has 3 N–H and O–H groups in total. The molecule has 1 amide bonds. The van der Waals surface area contributed by atoms with E-state index in [0.29, 0.717) is 23.6 Å². The first-order valence-corrected chi connectivity index (χ1v) is 11.6. The molecule has 1 aliphatic rings. The number of nitrogen functional groups attached to an aromatic ring is 1. The van der Waals surface area contributed by atoms with Crippen LogP contribution < -0.4 is 16.0 Å². The first kappa shape index (κ1) is 22.5. The van der Waals surface area contributed by atoms with Gasteiger partial charge >= 0.3 is 0 Å². The zero-order valence-corrected chi connectivity index (χ0v) is 19.5. The van der Waals surface area contributed by atoms with Crippen LogP contribution in [0.3, 0.4) is 0 Å². The molecule has 3 aromatic heterocycles. The zero-order valence-electron chi connectivity index (χ0n) is 19.5. The van der Waals surface area contributed by atoms with Gasteiger partial charge in [0.25, 0.3) is 5.91 Å². The highest BCUT2D eigenvalue weighted by molar-refractivity contribution is 6.05. The molecule has 0 bridgehead atoms. The molecule has 0 aromatic carbocycles. The van der Waals surface area contributed by atoms with Gasteiger partial charge in [-0.25, -0.2) is 15.0 Å². The van der Waals surface area contributed by atoms with Crippen molar-refractivity contribution in [3.63, 3.8) is 0 Å². The van der Waals surface area contributed by atoms with Gasteiger partial charge in [-0.05, 0) is 44.4 Å². The van der Waals surface area contributed by atoms with Gasteiger partial charge in [-0.15, -0.1) is 0 Å². The van der Waals surface area contributed by atoms with Crippen LogP contribution >= 0.6 is 0 Å². The van der Waals surface area contributed by atoms with Crippen molar-refractivity contribution in [1.82, 2.24) is 19.4 Å². The summed E-state index contributed by atoms with van der Waals surface area (Å²) in [7, 11) is 0. The van der Waals surface area contributed by atoms with Gasteiger partial charge in [-0.2, -0.15) is 0 Å². The summed E-state index contributed by atoms with van der Waals surface area (Å²) < 4.78 is 2.01. The van der Waals surface area contributed by atoms with E-state index in [1.54, 1.807) is 12.4 Å². The second kappa shape index (κ2) is 9.85. The minimum Gasteiger partial charge on any atom is -0.382 e. The number of fused-ring (bicyclic) bond motifs is 1. The van der Waals surface area contributed by atoms with Gasteiger partial charge in [-0.3, -0.25) is 9.20 Å². The fourth-order valence-electron chi connectivity index (χ4n) is 4.23. The highest BCUT2D eigenvalue weighted by Crippen LogP contribution is 2.34. The maximum absolute atomic E-state index is 12.8. The number of allylic oxidation sites excluding steroid dienone is 2. The summed E-state index contributed by atoms with van der Waals surface area (Å²) in [6.45, 7) is 8.03. The van der Waals surface area contributed by atoms with Crippen LogP contribution in [0.25, 0.3) is 5.52 Å². The highest BCUT2D eigenvalue weighted by atomic mass is 16.1. The van der Waals surface area contributed by atoms with Crippen LogP contribution in [0.5, 0.6) is 0 Å². The minimum absolute atomic E-state index is 0.0124. The number of nitrogens with zero attached hydrogens (tertiary/aromatic N) is 5. The lowest BCUT2D eigenvalue weighted by molar-refractivity contribution is -0.112. The first-order chi connectivity index (χ1) is 16.0. The number of nitrogens with one attached hydrogen (secondary N) is 1. The molecule has 3 heterocycles. The molecule has 0 fully saturated rings. The molecule has 33 heavy (non-hydrogen) atoms. The summed E-state index contributed by atoms with van der Waals surface area (Å²) in [6.07, 6.45) is 13.8. The molecule has 8 heteroatoms. The lowest BCUT2D eigenvalue weighted by Crippen LogP contribution is -2.24. The minimum atomic E-state index is -0.162. The molecule has 0 saturated carbocycles. The van der Waals surface area contributed by atoms with Crippen molar-refractivity contribution in [2.75, 3.05) is 29.0 Å². The Morgan fingerprint density at radius 2 is 2.06 bits per heavy atom. The molecule has 0 saturated heterocycles. The van der Waals surface area contributed by atoms with Crippen LogP contribution in [-0.2, 0) is 11.2 Å². The third-order valence-electron chi connectivity index (χ3n) is 5.96. The second-order valence-electron chi connectivity index (χ2n) is 8.11. The Morgan fingerprint density at radius 3 is 2.76 bits per heavy atom. The molecule has 0 aliphatic heterocycles. The summed E-state index contributed by atoms with van der Waals surface area (Å²) in [4.78, 5) is 28.5. The maximum atomic E-state index is 12.8. The van der Waals surface area contributed by atoms with E-state index >= 15 is 0 Å². The lowest BCUT2D eigenvalue weighted by atomic mass is 9.93. The number of aryl methyl sites for hydroxylation is 1. The van der Waals surface area contributed by atoms with Gasteiger partial charge in [0.15, 0.2) is 0 Å². The molecule has 0 spiro atoms. The van der Waals surface area contributed by atoms with Crippen LogP contribution in [0.2, 0.25) is 0 Å². The number of hydrogen-bond donors (Lipinski definition) is 2. The van der Waals surface area contributed by atoms with E-state index in [1.165, 1.54) is 0 Å². The van der Waals surface area contributed by atoms with E-state index < -0.39 is 0 Å². The number of anilines is 3. The Hall–Kier alpha value is -3.68. The van der Waals surface area contributed by atoms with E-state index in [0.717, 1.165) is 48.7 Å². The molecule has 1 atom stereocenters. The normalized spacial score (nSPS) is 15.5. The first-order valence-electron chi connectivity index (χ1n) is 11.6. The van der Waals surface area contributed by atoms with Crippen molar-refractivity contribution < 1.29 is 4.79 Å². The Balaban J connectivity index is 1.55. The number of aromatic nitrogens is 4. The molecule has 3 aromatic rings. The molecule has 1 unspecified atom stereocenters. The van der Waals surface area contributed by atoms with Crippen molar-refractivity contribution in [3.8, 4) is 0 Å². The quantitative estimate of drug-likeness (QED) is 0.541. The topological polar surface area (TPSA) is 101 Å². The second-order valence-corrected chi connectivity index (χ2v) is 8.11. The average molecular weight is 446 g/mol. The maximum Gasteiger partial charge on any atom is 0.256 e. The summed E-state index contributed by atoms with van der Waals surface area (Å²) in [5.41, 5.74) is 9.74. The lowest BCUT2D eigenvalue weighted by Gasteiger charge is -2.18. The Labute approximate surface area is 194 Å². The van der Waals surface area contributed by atoms with E-state index in [2.05, 4.69) is 41.0 Å². The standard InChI is InChI=1S/C25H31N7O/c1-4-7-17-12-13-27-20(16-17)29-24(33)19-10-8-18(9-11-19)21-22-23(26)28-14-15-32(22)25(30-21)31(5-2)6-3/h8,10-16,18H,4-7,9H2,1-3H3,(H2,26,28)(H,27,29,33). The van der Waals surface area contributed by atoms with Crippen LogP contribution in [0.1, 0.15) is 50.8 Å². The summed E-state index contributed by atoms with van der Waals surface area (Å²) >= 11 is 0. The Kier molecular flexibility index (Phi) is 6.72. The number of carbonyl (C=O) groups is 1. The SMILES string of the molecule is CCCc1ccnc(NC(=O)C2=CCC(c3nc(N(CC)CC)n4ccnc(N)c34)C=C2)c1. The number of amides is 1. The van der Waals surface area contributed by atoms with Crippen LogP contribution in [0.15, 0.2) is 54.5 Å². The zero-order chi connectivity index (χ0) is 23.4. The van der Waals surface area contributed by atoms with Gasteiger partial charge in [0.05, 0.1) is 5.69 Å². The summed E-state index contributed by atoms with van der Waals surface area (Å²) in [5, 5.41) is 2.91. The van der Waals surface area contributed by atoms with Crippen molar-refractivity contribution in [2.24, 2.45) is 0 Å². The summed E-state index contributed by atoms with van der Waals surface area (Å²) in [6, 6.07) is 3.91. The molecular weight excluding hydrogens is 414 g/mol. The van der Waals surface area contributed by atoms with Crippen molar-refractivity contribution in [1.29, 1.82) is 0 Å². The monoisotopic (exact) mass is 445 g/mol. The van der Waals surface area contributed by atoms with Gasteiger partial charge in [-0.1, -0.05) is 31.6 Å². The van der Waals surface area contributed by atoms with Crippen LogP contribution in [0, 0.1) is 0 Å². The van der Waals surface area contributed by atoms with Crippen LogP contribution in [-0.4, -0.2) is 38.3 Å². The molecule has 172 valence electrons. The number of carbonyl (C=O) groups excluding carboxylic acids is 1. The van der Waals surface area contributed by atoms with Gasteiger partial charge in [0, 0.05) is 43.2 Å². The smallest absolute Gasteiger partial charge is 0.256 e. The number of imidazole rings is 1. The molecule has 0 radical (unpaired) electrons. The van der Waals surface area contributed by atoms with Crippen molar-refractivity contribution >= 4 is 29.0 Å². The average Bonchev–Trinajstić information content (AvgIpc) is 3.21. The predicted molar refractivity (Wildman–Crippen MR) is 132 cm³/mol. The molecular formula is C25H31N7O. The van der Waals surface area contributed by atoms with Crippen LogP contribution in [0.4, 0.5) is 17.6 Å². The van der Waals surface area contributed by atoms with Crippen molar-refractivity contribution in [2.45, 2.75) is 46.0 Å². The van der Waals surface area contributed by atoms with Gasteiger partial charge < -0.3 is 16.0 Å². The fourth-order valence-corrected chi connectivity index (χ4v) is 4.23. The Morgan fingerprint density at radius 1 is 1.24 bits per heavy atom. The number of nitrogens with two attached hydrogens (primary N) is 1. The number of pyridine rings is 1. The fraction of sp³-hybridized carbons (Fsp3) is 0.360. The largest absolute Gasteiger partial charge is 0.382 e. The highest BCUT2D eigenvalue weighted by Gasteiger charge is 2.24. The van der Waals surface area contributed by atoms with E-state index in [1.807, 2.05) is 41.0 Å². The Bertz CT molecular complexity index is 1210. The molecule has 4 rings (SSSR count). The van der Waals surface area contributed by atoms with Gasteiger partial charge in [0.2, 0.25) is 5.95 Å². The van der Waals surface area contributed by atoms with Crippen molar-refractivity contribution in [3.05, 3.63) is 65.8 Å².